The van der Waals surface area contributed by atoms with Crippen LogP contribution in [0.15, 0.2) is 206 Å². The topological polar surface area (TPSA) is 9.86 Å². The lowest BCUT2D eigenvalue weighted by Gasteiger charge is -2.34. The highest BCUT2D eigenvalue weighted by molar-refractivity contribution is 6.09. The smallest absolute Gasteiger partial charge is 0.0713 e. The molecule has 0 unspecified atom stereocenters. The Bertz CT molecular complexity index is 2890. The summed E-state index contributed by atoms with van der Waals surface area (Å²) >= 11 is 0. The van der Waals surface area contributed by atoms with Crippen LogP contribution in [-0.2, 0) is 5.41 Å². The van der Waals surface area contributed by atoms with Gasteiger partial charge in [-0.25, -0.2) is 0 Å². The molecule has 0 N–H and O–H groups in total. The lowest BCUT2D eigenvalue weighted by atomic mass is 9.67. The molecule has 0 radical (unpaired) electrons. The van der Waals surface area contributed by atoms with Crippen molar-refractivity contribution in [1.82, 2.24) is 9.13 Å². The summed E-state index contributed by atoms with van der Waals surface area (Å²) in [5, 5.41) is 3.77. The first kappa shape index (κ1) is 29.8. The number of hydrogen-bond acceptors (Lipinski definition) is 0. The van der Waals surface area contributed by atoms with E-state index in [0.717, 1.165) is 11.4 Å². The van der Waals surface area contributed by atoms with E-state index in [0.29, 0.717) is 0 Å². The Kier molecular flexibility index (Phi) is 6.50. The second-order valence-electron chi connectivity index (χ2n) is 14.1. The Morgan fingerprint density at radius 2 is 0.906 bits per heavy atom. The Labute approximate surface area is 308 Å². The van der Waals surface area contributed by atoms with Gasteiger partial charge in [0.25, 0.3) is 0 Å². The highest BCUT2D eigenvalue weighted by atomic mass is 15.0. The number of nitrogens with zero attached hydrogens (tertiary/aromatic N) is 2. The number of benzene rings is 8. The van der Waals surface area contributed by atoms with E-state index in [1.165, 1.54) is 77.2 Å². The molecule has 0 atom stereocenters. The van der Waals surface area contributed by atoms with Crippen LogP contribution in [0.3, 0.4) is 0 Å². The molecule has 0 bridgehead atoms. The van der Waals surface area contributed by atoms with Gasteiger partial charge in [-0.15, -0.1) is 0 Å². The van der Waals surface area contributed by atoms with E-state index in [1.807, 2.05) is 0 Å². The third kappa shape index (κ3) is 4.33. The van der Waals surface area contributed by atoms with Gasteiger partial charge in [0.2, 0.25) is 0 Å². The van der Waals surface area contributed by atoms with Gasteiger partial charge in [0.1, 0.15) is 0 Å². The zero-order valence-corrected chi connectivity index (χ0v) is 29.0. The van der Waals surface area contributed by atoms with Crippen LogP contribution < -0.4 is 0 Å². The van der Waals surface area contributed by atoms with Gasteiger partial charge < -0.3 is 9.13 Å². The molecule has 53 heavy (non-hydrogen) atoms. The maximum Gasteiger partial charge on any atom is 0.0713 e. The van der Waals surface area contributed by atoms with Gasteiger partial charge in [-0.05, 0) is 105 Å². The van der Waals surface area contributed by atoms with Gasteiger partial charge in [-0.1, -0.05) is 140 Å². The number of rotatable bonds is 5. The van der Waals surface area contributed by atoms with Crippen molar-refractivity contribution in [2.45, 2.75) is 5.41 Å². The van der Waals surface area contributed by atoms with Crippen LogP contribution in [0.4, 0.5) is 0 Å². The van der Waals surface area contributed by atoms with Crippen molar-refractivity contribution in [3.05, 3.63) is 229 Å². The van der Waals surface area contributed by atoms with Crippen molar-refractivity contribution in [3.63, 3.8) is 0 Å². The average molecular weight is 675 g/mol. The van der Waals surface area contributed by atoms with Crippen molar-refractivity contribution in [2.24, 2.45) is 0 Å². The fourth-order valence-corrected chi connectivity index (χ4v) is 9.13. The number of para-hydroxylation sites is 2. The largest absolute Gasteiger partial charge is 0.317 e. The van der Waals surface area contributed by atoms with Crippen LogP contribution >= 0.6 is 0 Å². The third-order valence-corrected chi connectivity index (χ3v) is 11.4. The lowest BCUT2D eigenvalue weighted by molar-refractivity contribution is 0.769. The van der Waals surface area contributed by atoms with E-state index in [4.69, 9.17) is 0 Å². The molecule has 0 spiro atoms. The van der Waals surface area contributed by atoms with Gasteiger partial charge in [0, 0.05) is 33.7 Å². The molecule has 11 rings (SSSR count). The Morgan fingerprint density at radius 3 is 1.60 bits per heavy atom. The van der Waals surface area contributed by atoms with Crippen molar-refractivity contribution < 1.29 is 0 Å². The zero-order valence-electron chi connectivity index (χ0n) is 29.0. The second kappa shape index (κ2) is 11.6. The van der Waals surface area contributed by atoms with E-state index in [1.54, 1.807) is 0 Å². The number of aromatic nitrogens is 2. The molecule has 2 heteroatoms. The fraction of sp³-hybridized carbons (Fsp3) is 0.0196. The lowest BCUT2D eigenvalue weighted by Crippen LogP contribution is -2.28. The molecule has 10 aromatic rings. The minimum atomic E-state index is -0.413. The predicted molar refractivity (Wildman–Crippen MR) is 220 cm³/mol. The van der Waals surface area contributed by atoms with Crippen LogP contribution in [-0.4, -0.2) is 9.13 Å². The summed E-state index contributed by atoms with van der Waals surface area (Å²) in [5.74, 6) is 0. The quantitative estimate of drug-likeness (QED) is 0.172. The molecule has 0 saturated heterocycles. The number of hydrogen-bond donors (Lipinski definition) is 0. The van der Waals surface area contributed by atoms with Gasteiger partial charge in [-0.3, -0.25) is 0 Å². The molecule has 0 amide bonds. The third-order valence-electron chi connectivity index (χ3n) is 11.4. The first-order valence-electron chi connectivity index (χ1n) is 18.3. The highest BCUT2D eigenvalue weighted by Gasteiger charge is 2.46. The van der Waals surface area contributed by atoms with Crippen molar-refractivity contribution in [3.8, 4) is 33.6 Å². The molecule has 2 aromatic heterocycles. The molecule has 2 nitrogen and oxygen atoms in total. The molecule has 0 fully saturated rings. The van der Waals surface area contributed by atoms with Crippen molar-refractivity contribution in [1.29, 1.82) is 0 Å². The summed E-state index contributed by atoms with van der Waals surface area (Å²) in [6.07, 6.45) is 2.19. The highest BCUT2D eigenvalue weighted by Crippen LogP contribution is 2.56. The first-order chi connectivity index (χ1) is 26.3. The minimum absolute atomic E-state index is 0.413. The van der Waals surface area contributed by atoms with Crippen LogP contribution in [0, 0.1) is 0 Å². The zero-order chi connectivity index (χ0) is 34.9. The molecule has 8 aromatic carbocycles. The monoisotopic (exact) mass is 674 g/mol. The summed E-state index contributed by atoms with van der Waals surface area (Å²) in [5.41, 5.74) is 15.8. The van der Waals surface area contributed by atoms with E-state index in [2.05, 4.69) is 216 Å². The molecular formula is C51H34N2. The number of fused-ring (bicyclic) bond motifs is 7. The van der Waals surface area contributed by atoms with Crippen LogP contribution in [0.1, 0.15) is 22.3 Å². The SMILES string of the molecule is c1ccc(C2(c3ccccc3)c3ccccc3-c3ccc(-c4ccc5c(ccn5-c5ccc(-n6c7ccccc7c7ccccc76)cc5)c4)cc32)cc1. The van der Waals surface area contributed by atoms with E-state index in [9.17, 15) is 0 Å². The van der Waals surface area contributed by atoms with Crippen LogP contribution in [0.5, 0.6) is 0 Å². The summed E-state index contributed by atoms with van der Waals surface area (Å²) in [7, 11) is 0. The van der Waals surface area contributed by atoms with Crippen LogP contribution in [0.2, 0.25) is 0 Å². The van der Waals surface area contributed by atoms with Gasteiger partial charge in [0.05, 0.1) is 22.0 Å². The maximum absolute atomic E-state index is 2.45. The van der Waals surface area contributed by atoms with E-state index in [-0.39, 0.29) is 0 Å². The molecule has 0 saturated carbocycles. The minimum Gasteiger partial charge on any atom is -0.317 e. The summed E-state index contributed by atoms with van der Waals surface area (Å²) < 4.78 is 4.66. The normalized spacial score (nSPS) is 13.1. The Morgan fingerprint density at radius 1 is 0.358 bits per heavy atom. The van der Waals surface area contributed by atoms with Crippen LogP contribution in [0.25, 0.3) is 66.3 Å². The Balaban J connectivity index is 1.00. The second-order valence-corrected chi connectivity index (χ2v) is 14.1. The van der Waals surface area contributed by atoms with E-state index >= 15 is 0 Å². The Hall–Kier alpha value is -6.90. The molecule has 2 heterocycles. The maximum atomic E-state index is 2.45. The van der Waals surface area contributed by atoms with Crippen molar-refractivity contribution in [2.75, 3.05) is 0 Å². The molecule has 1 aliphatic rings. The summed E-state index contributed by atoms with van der Waals surface area (Å²) in [6.45, 7) is 0. The standard InChI is InChI=1S/C51H34N2/c1-3-13-38(14-4-1)51(39-15-5-2-6-16-39)46-20-10-7-17-42(46)43-29-23-36(34-47(43)51)35-24-30-48-37(33-35)31-32-52(48)40-25-27-41(28-26-40)53-49-21-11-8-18-44(49)45-19-9-12-22-50(45)53/h1-34H. The molecule has 248 valence electrons. The summed E-state index contributed by atoms with van der Waals surface area (Å²) in [4.78, 5) is 0. The van der Waals surface area contributed by atoms with E-state index < -0.39 is 5.41 Å². The summed E-state index contributed by atoms with van der Waals surface area (Å²) in [6, 6.07) is 73.5. The van der Waals surface area contributed by atoms with Crippen molar-refractivity contribution >= 4 is 32.7 Å². The average Bonchev–Trinajstić information content (AvgIpc) is 3.90. The first-order valence-corrected chi connectivity index (χ1v) is 18.3. The van der Waals surface area contributed by atoms with Gasteiger partial charge in [-0.2, -0.15) is 0 Å². The fourth-order valence-electron chi connectivity index (χ4n) is 9.13. The molecule has 0 aliphatic heterocycles. The molecule has 1 aliphatic carbocycles. The van der Waals surface area contributed by atoms with Gasteiger partial charge in [0.15, 0.2) is 0 Å². The predicted octanol–water partition coefficient (Wildman–Crippen LogP) is 12.8. The van der Waals surface area contributed by atoms with Gasteiger partial charge >= 0.3 is 0 Å². The molecular weight excluding hydrogens is 641 g/mol.